The Morgan fingerprint density at radius 2 is 1.50 bits per heavy atom. The Bertz CT molecular complexity index is 447. The molecule has 1 aromatic rings. The molecule has 0 saturated heterocycles. The highest BCUT2D eigenvalue weighted by atomic mass is 35.5. The molecule has 3 N–H and O–H groups in total. The summed E-state index contributed by atoms with van der Waals surface area (Å²) in [6, 6.07) is 4.51. The Balaban J connectivity index is -0.000000232. The lowest BCUT2D eigenvalue weighted by molar-refractivity contribution is -0.134. The summed E-state index contributed by atoms with van der Waals surface area (Å²) in [4.78, 5) is 18.6. The quantitative estimate of drug-likeness (QED) is 0.541. The number of hydrogen-bond donors (Lipinski definition) is 3. The van der Waals surface area contributed by atoms with E-state index >= 15 is 0 Å². The van der Waals surface area contributed by atoms with Gasteiger partial charge in [-0.25, -0.2) is 4.79 Å². The number of phenols is 1. The topological polar surface area (TPSA) is 94.8 Å². The smallest absolute Gasteiger partial charge is 0.330 e. The number of rotatable bonds is 1. The molecular formula is C12H16Cl2MgO5. The molecule has 0 atom stereocenters. The molecule has 5 nitrogen and oxygen atoms in total. The van der Waals surface area contributed by atoms with Gasteiger partial charge in [0.05, 0.1) is 5.02 Å². The largest absolute Gasteiger partial charge is 0.506 e. The Morgan fingerprint density at radius 3 is 1.70 bits per heavy atom. The average Bonchev–Trinajstić information content (AvgIpc) is 2.24. The highest BCUT2D eigenvalue weighted by Crippen LogP contribution is 2.25. The second kappa shape index (κ2) is 13.0. The zero-order valence-electron chi connectivity index (χ0n) is 10.4. The van der Waals surface area contributed by atoms with E-state index in [1.807, 2.05) is 0 Å². The van der Waals surface area contributed by atoms with Crippen molar-refractivity contribution in [2.24, 2.45) is 0 Å². The van der Waals surface area contributed by atoms with E-state index in [2.05, 4.69) is 6.58 Å². The molecule has 0 bridgehead atoms. The molecule has 110 valence electrons. The molecule has 0 aliphatic rings. The molecule has 0 heterocycles. The molecule has 0 aliphatic carbocycles. The molecule has 0 fully saturated rings. The molecule has 0 aromatic heterocycles. The van der Waals surface area contributed by atoms with Gasteiger partial charge in [-0.2, -0.15) is 0 Å². The predicted molar refractivity (Wildman–Crippen MR) is 82.4 cm³/mol. The number of hydrogen-bond acceptors (Lipinski definition) is 3. The fourth-order valence-corrected chi connectivity index (χ4v) is 0.890. The first-order valence-electron chi connectivity index (χ1n) is 4.80. The normalized spacial score (nSPS) is 7.80. The summed E-state index contributed by atoms with van der Waals surface area (Å²) < 4.78 is 0. The van der Waals surface area contributed by atoms with Crippen LogP contribution in [0, 0.1) is 0 Å². The Hall–Kier alpha value is -0.954. The minimum Gasteiger partial charge on any atom is -0.506 e. The second-order valence-corrected chi connectivity index (χ2v) is 4.04. The zero-order valence-corrected chi connectivity index (χ0v) is 11.9. The molecule has 0 unspecified atom stereocenters. The van der Waals surface area contributed by atoms with Crippen molar-refractivity contribution in [2.75, 3.05) is 0 Å². The van der Waals surface area contributed by atoms with Crippen LogP contribution in [0.25, 0.3) is 0 Å². The van der Waals surface area contributed by atoms with E-state index in [4.69, 9.17) is 43.3 Å². The van der Waals surface area contributed by atoms with E-state index < -0.39 is 11.9 Å². The first kappa shape index (κ1) is 24.1. The molecule has 0 saturated carbocycles. The van der Waals surface area contributed by atoms with Gasteiger partial charge in [0.2, 0.25) is 0 Å². The van der Waals surface area contributed by atoms with Crippen LogP contribution in [-0.2, 0) is 9.59 Å². The fraction of sp³-hybridized carbons (Fsp3) is 0.167. The highest BCUT2D eigenvalue weighted by Gasteiger charge is 1.95. The molecule has 0 radical (unpaired) electrons. The lowest BCUT2D eigenvalue weighted by Gasteiger charge is -1.93. The third-order valence-corrected chi connectivity index (χ3v) is 1.81. The fourth-order valence-electron chi connectivity index (χ4n) is 0.481. The van der Waals surface area contributed by atoms with Gasteiger partial charge >= 0.3 is 29.0 Å². The van der Waals surface area contributed by atoms with Gasteiger partial charge in [0.15, 0.2) is 0 Å². The summed E-state index contributed by atoms with van der Waals surface area (Å²) in [5.41, 5.74) is 0.176. The third kappa shape index (κ3) is 17.0. The van der Waals surface area contributed by atoms with E-state index in [1.165, 1.54) is 19.1 Å². The Morgan fingerprint density at radius 1 is 1.15 bits per heavy atom. The van der Waals surface area contributed by atoms with Gasteiger partial charge in [0.1, 0.15) is 5.75 Å². The van der Waals surface area contributed by atoms with E-state index in [0.717, 1.165) is 6.92 Å². The Kier molecular flexibility index (Phi) is 15.7. The number of halogens is 2. The number of carbonyl (C=O) groups is 2. The van der Waals surface area contributed by atoms with Crippen LogP contribution in [-0.4, -0.2) is 50.3 Å². The number of benzene rings is 1. The number of carboxylic acids is 2. The summed E-state index contributed by atoms with van der Waals surface area (Å²) in [6.07, 6.45) is 0. The molecular weight excluding hydrogens is 319 g/mol. The van der Waals surface area contributed by atoms with Crippen molar-refractivity contribution in [3.8, 4) is 5.75 Å². The molecule has 0 aliphatic heterocycles. The summed E-state index contributed by atoms with van der Waals surface area (Å²) in [7, 11) is 0. The SMILES string of the molecule is C=C(C)C(=O)O.CC(=O)O.Oc1ccc(Cl)cc1Cl.[MgH2]. The van der Waals surface area contributed by atoms with Crippen molar-refractivity contribution >= 4 is 58.2 Å². The molecule has 1 aromatic carbocycles. The number of aromatic hydroxyl groups is 1. The van der Waals surface area contributed by atoms with Crippen LogP contribution < -0.4 is 0 Å². The number of aliphatic carboxylic acids is 2. The van der Waals surface area contributed by atoms with Gasteiger partial charge in [0, 0.05) is 17.5 Å². The lowest BCUT2D eigenvalue weighted by atomic mass is 10.3. The van der Waals surface area contributed by atoms with Crippen molar-refractivity contribution in [3.63, 3.8) is 0 Å². The Labute approximate surface area is 143 Å². The lowest BCUT2D eigenvalue weighted by Crippen LogP contribution is -1.92. The number of phenolic OH excluding ortho intramolecular Hbond substituents is 1. The maximum absolute atomic E-state index is 9.60. The average molecular weight is 335 g/mol. The minimum atomic E-state index is -0.935. The standard InChI is InChI=1S/C6H4Cl2O.C4H6O2.C2H4O2.Mg.2H/c7-4-1-2-6(9)5(8)3-4;1-3(2)4(5)6;1-2(3)4;;;/h1-3,9H;1H2,2H3,(H,5,6);1H3,(H,3,4);;;. The van der Waals surface area contributed by atoms with Gasteiger partial charge in [-0.15, -0.1) is 0 Å². The molecule has 8 heteroatoms. The second-order valence-electron chi connectivity index (χ2n) is 3.20. The van der Waals surface area contributed by atoms with Crippen molar-refractivity contribution in [1.82, 2.24) is 0 Å². The van der Waals surface area contributed by atoms with Crippen LogP contribution in [0.5, 0.6) is 5.75 Å². The van der Waals surface area contributed by atoms with Crippen LogP contribution >= 0.6 is 23.2 Å². The monoisotopic (exact) mass is 334 g/mol. The van der Waals surface area contributed by atoms with Crippen LogP contribution in [0.3, 0.4) is 0 Å². The van der Waals surface area contributed by atoms with Gasteiger partial charge in [-0.05, 0) is 25.1 Å². The predicted octanol–water partition coefficient (Wildman–Crippen LogP) is 2.52. The maximum Gasteiger partial charge on any atom is 0.330 e. The van der Waals surface area contributed by atoms with Crippen LogP contribution in [0.1, 0.15) is 13.8 Å². The highest BCUT2D eigenvalue weighted by molar-refractivity contribution is 6.35. The molecule has 1 rings (SSSR count). The van der Waals surface area contributed by atoms with E-state index in [9.17, 15) is 4.79 Å². The number of carboxylic acid groups (broad SMARTS) is 2. The maximum atomic E-state index is 9.60. The van der Waals surface area contributed by atoms with Crippen molar-refractivity contribution < 1.29 is 24.9 Å². The summed E-state index contributed by atoms with van der Waals surface area (Å²) in [5, 5.41) is 25.0. The molecule has 0 spiro atoms. The first-order chi connectivity index (χ1) is 8.57. The minimum absolute atomic E-state index is 0. The van der Waals surface area contributed by atoms with Crippen molar-refractivity contribution in [2.45, 2.75) is 13.8 Å². The first-order valence-corrected chi connectivity index (χ1v) is 5.55. The van der Waals surface area contributed by atoms with Gasteiger partial charge < -0.3 is 15.3 Å². The van der Waals surface area contributed by atoms with Gasteiger partial charge in [-0.3, -0.25) is 4.79 Å². The summed E-state index contributed by atoms with van der Waals surface area (Å²) >= 11 is 11.0. The van der Waals surface area contributed by atoms with Crippen LogP contribution in [0.4, 0.5) is 0 Å². The van der Waals surface area contributed by atoms with Crippen LogP contribution in [0.15, 0.2) is 30.4 Å². The van der Waals surface area contributed by atoms with Crippen molar-refractivity contribution in [1.29, 1.82) is 0 Å². The van der Waals surface area contributed by atoms with Crippen molar-refractivity contribution in [3.05, 3.63) is 40.4 Å². The third-order valence-electron chi connectivity index (χ3n) is 1.27. The van der Waals surface area contributed by atoms with E-state index in [-0.39, 0.29) is 39.4 Å². The van der Waals surface area contributed by atoms with Crippen LogP contribution in [0.2, 0.25) is 10.0 Å². The molecule has 0 amide bonds. The van der Waals surface area contributed by atoms with Gasteiger partial charge in [0.25, 0.3) is 5.97 Å². The summed E-state index contributed by atoms with van der Waals surface area (Å²) in [5.74, 6) is -1.71. The summed E-state index contributed by atoms with van der Waals surface area (Å²) in [6.45, 7) is 5.69. The van der Waals surface area contributed by atoms with Gasteiger partial charge in [-0.1, -0.05) is 29.8 Å². The zero-order chi connectivity index (χ0) is 15.6. The van der Waals surface area contributed by atoms with E-state index in [1.54, 1.807) is 6.07 Å². The molecule has 20 heavy (non-hydrogen) atoms. The van der Waals surface area contributed by atoms with E-state index in [0.29, 0.717) is 5.02 Å².